The molecular formula is C15H18IN3O. The van der Waals surface area contributed by atoms with Gasteiger partial charge >= 0.3 is 0 Å². The monoisotopic (exact) mass is 383 g/mol. The first-order valence-electron chi connectivity index (χ1n) is 7.02. The third kappa shape index (κ3) is 2.55. The number of furan rings is 1. The second kappa shape index (κ2) is 5.35. The second-order valence-corrected chi connectivity index (χ2v) is 6.54. The first kappa shape index (κ1) is 13.9. The van der Waals surface area contributed by atoms with Crippen LogP contribution in [-0.4, -0.2) is 9.97 Å². The maximum atomic E-state index is 5.99. The first-order chi connectivity index (χ1) is 9.60. The van der Waals surface area contributed by atoms with Gasteiger partial charge in [0, 0.05) is 5.92 Å². The molecule has 1 saturated carbocycles. The Hall–Kier alpha value is -1.11. The fourth-order valence-electron chi connectivity index (χ4n) is 2.42. The number of rotatable bonds is 4. The highest BCUT2D eigenvalue weighted by Gasteiger charge is 2.36. The van der Waals surface area contributed by atoms with Crippen LogP contribution in [0.5, 0.6) is 0 Å². The molecule has 0 spiro atoms. The summed E-state index contributed by atoms with van der Waals surface area (Å²) in [7, 11) is 0. The number of anilines is 1. The summed E-state index contributed by atoms with van der Waals surface area (Å²) in [6, 6.07) is 4.00. The first-order valence-corrected chi connectivity index (χ1v) is 8.10. The maximum absolute atomic E-state index is 5.99. The van der Waals surface area contributed by atoms with Crippen LogP contribution in [-0.2, 0) is 6.42 Å². The van der Waals surface area contributed by atoms with Crippen molar-refractivity contribution in [2.45, 2.75) is 39.0 Å². The van der Waals surface area contributed by atoms with Crippen LogP contribution in [0, 0.1) is 9.49 Å². The minimum Gasteiger partial charge on any atom is -0.457 e. The number of hydrogen-bond donors (Lipinski definition) is 1. The minimum atomic E-state index is 0.539. The van der Waals surface area contributed by atoms with E-state index in [1.807, 2.05) is 12.1 Å². The normalized spacial score (nSPS) is 21.1. The predicted molar refractivity (Wildman–Crippen MR) is 87.4 cm³/mol. The van der Waals surface area contributed by atoms with Crippen molar-refractivity contribution in [2.24, 2.45) is 5.92 Å². The summed E-state index contributed by atoms with van der Waals surface area (Å²) < 4.78 is 6.86. The third-order valence-electron chi connectivity index (χ3n) is 3.75. The lowest BCUT2D eigenvalue weighted by Gasteiger charge is -2.06. The molecular weight excluding hydrogens is 365 g/mol. The molecule has 2 heterocycles. The second-order valence-electron chi connectivity index (χ2n) is 5.46. The summed E-state index contributed by atoms with van der Waals surface area (Å²) in [5.41, 5.74) is 7.00. The summed E-state index contributed by atoms with van der Waals surface area (Å²) in [4.78, 5) is 8.98. The molecule has 3 rings (SSSR count). The Morgan fingerprint density at radius 2 is 2.15 bits per heavy atom. The minimum absolute atomic E-state index is 0.539. The van der Waals surface area contributed by atoms with Gasteiger partial charge in [0.2, 0.25) is 0 Å². The molecule has 0 aliphatic heterocycles. The van der Waals surface area contributed by atoms with Gasteiger partial charge in [0.1, 0.15) is 11.6 Å². The van der Waals surface area contributed by atoms with Gasteiger partial charge in [0.05, 0.1) is 9.26 Å². The van der Waals surface area contributed by atoms with Crippen LogP contribution in [0.15, 0.2) is 16.5 Å². The Balaban J connectivity index is 1.95. The largest absolute Gasteiger partial charge is 0.457 e. The van der Waals surface area contributed by atoms with Gasteiger partial charge < -0.3 is 10.2 Å². The van der Waals surface area contributed by atoms with E-state index in [0.717, 1.165) is 39.5 Å². The standard InChI is InChI=1S/C15H18IN3O/c1-3-4-10-13(16)14(17)19-15(18-10)12-6-5-11(20-12)9-7-8(9)2/h5-6,8-9H,3-4,7H2,1-2H3,(H2,17,18,19). The van der Waals surface area contributed by atoms with Gasteiger partial charge in [-0.1, -0.05) is 20.3 Å². The maximum Gasteiger partial charge on any atom is 0.197 e. The SMILES string of the molecule is CCCc1nc(-c2ccc(C3CC3C)o2)nc(N)c1I. The van der Waals surface area contributed by atoms with Gasteiger partial charge in [-0.2, -0.15) is 0 Å². The molecule has 2 unspecified atom stereocenters. The van der Waals surface area contributed by atoms with E-state index in [0.29, 0.717) is 17.6 Å². The van der Waals surface area contributed by atoms with Gasteiger partial charge in [-0.15, -0.1) is 0 Å². The average molecular weight is 383 g/mol. The highest BCUT2D eigenvalue weighted by molar-refractivity contribution is 14.1. The number of nitrogens with two attached hydrogens (primary N) is 1. The molecule has 0 aromatic carbocycles. The van der Waals surface area contributed by atoms with Gasteiger partial charge in [0.15, 0.2) is 11.6 Å². The lowest BCUT2D eigenvalue weighted by atomic mass is 10.2. The summed E-state index contributed by atoms with van der Waals surface area (Å²) >= 11 is 2.21. The van der Waals surface area contributed by atoms with Gasteiger partial charge in [-0.05, 0) is 53.5 Å². The number of aromatic nitrogens is 2. The van der Waals surface area contributed by atoms with Crippen molar-refractivity contribution < 1.29 is 4.42 Å². The van der Waals surface area contributed by atoms with E-state index in [-0.39, 0.29) is 0 Å². The molecule has 1 aliphatic rings. The van der Waals surface area contributed by atoms with Crippen LogP contribution in [0.4, 0.5) is 5.82 Å². The van der Waals surface area contributed by atoms with Crippen LogP contribution in [0.25, 0.3) is 11.6 Å². The number of nitrogens with zero attached hydrogens (tertiary/aromatic N) is 2. The van der Waals surface area contributed by atoms with Gasteiger partial charge in [-0.3, -0.25) is 0 Å². The lowest BCUT2D eigenvalue weighted by Crippen LogP contribution is -2.04. The summed E-state index contributed by atoms with van der Waals surface area (Å²) in [6.45, 7) is 4.37. The molecule has 1 fully saturated rings. The van der Waals surface area contributed by atoms with Crippen molar-refractivity contribution in [1.29, 1.82) is 0 Å². The molecule has 2 aromatic heterocycles. The van der Waals surface area contributed by atoms with Crippen molar-refractivity contribution in [3.63, 3.8) is 0 Å². The van der Waals surface area contributed by atoms with Crippen molar-refractivity contribution in [3.05, 3.63) is 27.2 Å². The van der Waals surface area contributed by atoms with E-state index in [2.05, 4.69) is 46.4 Å². The molecule has 4 nitrogen and oxygen atoms in total. The van der Waals surface area contributed by atoms with Gasteiger partial charge in [-0.25, -0.2) is 9.97 Å². The summed E-state index contributed by atoms with van der Waals surface area (Å²) in [6.07, 6.45) is 3.16. The molecule has 2 atom stereocenters. The van der Waals surface area contributed by atoms with Crippen molar-refractivity contribution in [1.82, 2.24) is 9.97 Å². The Labute approximate surface area is 132 Å². The fraction of sp³-hybridized carbons (Fsp3) is 0.467. The molecule has 5 heteroatoms. The molecule has 1 aliphatic carbocycles. The van der Waals surface area contributed by atoms with E-state index >= 15 is 0 Å². The topological polar surface area (TPSA) is 64.9 Å². The van der Waals surface area contributed by atoms with E-state index in [4.69, 9.17) is 10.2 Å². The van der Waals surface area contributed by atoms with Crippen molar-refractivity contribution in [3.8, 4) is 11.6 Å². The number of halogens is 1. The van der Waals surface area contributed by atoms with Crippen LogP contribution >= 0.6 is 22.6 Å². The van der Waals surface area contributed by atoms with Crippen molar-refractivity contribution >= 4 is 28.4 Å². The zero-order valence-corrected chi connectivity index (χ0v) is 13.8. The zero-order valence-electron chi connectivity index (χ0n) is 11.7. The van der Waals surface area contributed by atoms with Crippen LogP contribution < -0.4 is 5.73 Å². The predicted octanol–water partition coefficient (Wildman–Crippen LogP) is 4.00. The molecule has 2 N–H and O–H groups in total. The number of nitrogen functional groups attached to an aromatic ring is 1. The quantitative estimate of drug-likeness (QED) is 0.811. The lowest BCUT2D eigenvalue weighted by molar-refractivity contribution is 0.514. The number of aryl methyl sites for hydroxylation is 1. The van der Waals surface area contributed by atoms with E-state index < -0.39 is 0 Å². The number of hydrogen-bond acceptors (Lipinski definition) is 4. The van der Waals surface area contributed by atoms with Crippen LogP contribution in [0.3, 0.4) is 0 Å². The Morgan fingerprint density at radius 1 is 1.40 bits per heavy atom. The Bertz CT molecular complexity index is 638. The molecule has 0 bridgehead atoms. The Kier molecular flexibility index (Phi) is 3.70. The van der Waals surface area contributed by atoms with Crippen LogP contribution in [0.1, 0.15) is 44.1 Å². The molecule has 20 heavy (non-hydrogen) atoms. The zero-order chi connectivity index (χ0) is 14.3. The van der Waals surface area contributed by atoms with Crippen LogP contribution in [0.2, 0.25) is 0 Å². The average Bonchev–Trinajstić information content (AvgIpc) is 2.96. The molecule has 0 radical (unpaired) electrons. The summed E-state index contributed by atoms with van der Waals surface area (Å²) in [5.74, 6) is 4.21. The molecule has 0 amide bonds. The fourth-order valence-corrected chi connectivity index (χ4v) is 2.93. The molecule has 0 saturated heterocycles. The highest BCUT2D eigenvalue weighted by Crippen LogP contribution is 2.47. The third-order valence-corrected chi connectivity index (χ3v) is 4.93. The molecule has 2 aromatic rings. The van der Waals surface area contributed by atoms with E-state index in [1.165, 1.54) is 6.42 Å². The van der Waals surface area contributed by atoms with Gasteiger partial charge in [0.25, 0.3) is 0 Å². The van der Waals surface area contributed by atoms with E-state index in [1.54, 1.807) is 0 Å². The molecule has 106 valence electrons. The Morgan fingerprint density at radius 3 is 2.80 bits per heavy atom. The summed E-state index contributed by atoms with van der Waals surface area (Å²) in [5, 5.41) is 0. The smallest absolute Gasteiger partial charge is 0.197 e. The van der Waals surface area contributed by atoms with Crippen molar-refractivity contribution in [2.75, 3.05) is 5.73 Å². The van der Waals surface area contributed by atoms with E-state index in [9.17, 15) is 0 Å². The highest BCUT2D eigenvalue weighted by atomic mass is 127.